The van der Waals surface area contributed by atoms with Crippen LogP contribution < -0.4 is 14.8 Å². The Bertz CT molecular complexity index is 365. The van der Waals surface area contributed by atoms with Gasteiger partial charge in [-0.2, -0.15) is 0 Å². The topological polar surface area (TPSA) is 30.5 Å². The molecule has 88 valence electrons. The minimum atomic E-state index is 0.253. The third kappa shape index (κ3) is 2.14. The lowest BCUT2D eigenvalue weighted by Crippen LogP contribution is -2.31. The second-order valence-electron chi connectivity index (χ2n) is 4.18. The molecule has 0 saturated heterocycles. The van der Waals surface area contributed by atoms with Crippen molar-refractivity contribution in [3.8, 4) is 11.5 Å². The maximum atomic E-state index is 5.83. The van der Waals surface area contributed by atoms with Gasteiger partial charge < -0.3 is 14.8 Å². The molecule has 1 N–H and O–H groups in total. The first-order valence-corrected chi connectivity index (χ1v) is 5.82. The van der Waals surface area contributed by atoms with Gasteiger partial charge in [-0.3, -0.25) is 0 Å². The molecule has 0 fully saturated rings. The highest BCUT2D eigenvalue weighted by Crippen LogP contribution is 2.36. The van der Waals surface area contributed by atoms with E-state index in [-0.39, 0.29) is 6.10 Å². The lowest BCUT2D eigenvalue weighted by Gasteiger charge is -2.31. The molecule has 3 heteroatoms. The molecule has 3 nitrogen and oxygen atoms in total. The fraction of sp³-hybridized carbons (Fsp3) is 0.538. The van der Waals surface area contributed by atoms with Gasteiger partial charge in [0.05, 0.1) is 13.2 Å². The Balaban J connectivity index is 2.31. The number of hydrogen-bond acceptors (Lipinski definition) is 3. The largest absolute Gasteiger partial charge is 0.497 e. The number of nitrogens with one attached hydrogen (secondary N) is 1. The highest BCUT2D eigenvalue weighted by atomic mass is 16.5. The number of benzene rings is 1. The van der Waals surface area contributed by atoms with Crippen molar-refractivity contribution in [3.05, 3.63) is 23.8 Å². The third-order valence-electron chi connectivity index (χ3n) is 2.94. The zero-order chi connectivity index (χ0) is 11.5. The third-order valence-corrected chi connectivity index (χ3v) is 2.94. The molecule has 2 atom stereocenters. The summed E-state index contributed by atoms with van der Waals surface area (Å²) in [5.74, 6) is 1.80. The van der Waals surface area contributed by atoms with Gasteiger partial charge in [-0.25, -0.2) is 0 Å². The first-order chi connectivity index (χ1) is 7.74. The van der Waals surface area contributed by atoms with Crippen molar-refractivity contribution in [2.45, 2.75) is 32.4 Å². The molecule has 0 spiro atoms. The van der Waals surface area contributed by atoms with Crippen molar-refractivity contribution in [1.82, 2.24) is 5.32 Å². The van der Waals surface area contributed by atoms with E-state index in [9.17, 15) is 0 Å². The molecular weight excluding hydrogens is 202 g/mol. The first-order valence-electron chi connectivity index (χ1n) is 5.82. The van der Waals surface area contributed by atoms with E-state index in [2.05, 4.69) is 25.2 Å². The number of hydrogen-bond donors (Lipinski definition) is 1. The van der Waals surface area contributed by atoms with Gasteiger partial charge in [-0.1, -0.05) is 13.0 Å². The second kappa shape index (κ2) is 4.74. The summed E-state index contributed by atoms with van der Waals surface area (Å²) in [7, 11) is 1.68. The quantitative estimate of drug-likeness (QED) is 0.850. The predicted octanol–water partition coefficient (Wildman–Crippen LogP) is 2.52. The summed E-state index contributed by atoms with van der Waals surface area (Å²) in [5.41, 5.74) is 1.24. The molecule has 2 unspecified atom stereocenters. The van der Waals surface area contributed by atoms with Crippen LogP contribution in [0.3, 0.4) is 0 Å². The van der Waals surface area contributed by atoms with Crippen molar-refractivity contribution in [3.63, 3.8) is 0 Å². The Morgan fingerprint density at radius 1 is 1.50 bits per heavy atom. The standard InChI is InChI=1S/C13H19NO2/c1-4-14-12-7-9(2)16-13-8-10(15-3)5-6-11(12)13/h5-6,8-9,12,14H,4,7H2,1-3H3. The summed E-state index contributed by atoms with van der Waals surface area (Å²) < 4.78 is 11.0. The van der Waals surface area contributed by atoms with Crippen molar-refractivity contribution in [1.29, 1.82) is 0 Å². The molecule has 1 aliphatic heterocycles. The SMILES string of the molecule is CCNC1CC(C)Oc2cc(OC)ccc21. The van der Waals surface area contributed by atoms with Gasteiger partial charge in [-0.05, 0) is 19.5 Å². The summed E-state index contributed by atoms with van der Waals surface area (Å²) in [6.07, 6.45) is 1.27. The molecule has 1 aliphatic rings. The zero-order valence-corrected chi connectivity index (χ0v) is 10.1. The maximum Gasteiger partial charge on any atom is 0.128 e. The molecule has 0 aliphatic carbocycles. The van der Waals surface area contributed by atoms with Crippen molar-refractivity contribution >= 4 is 0 Å². The van der Waals surface area contributed by atoms with Gasteiger partial charge in [0.2, 0.25) is 0 Å². The summed E-state index contributed by atoms with van der Waals surface area (Å²) in [4.78, 5) is 0. The van der Waals surface area contributed by atoms with Gasteiger partial charge in [0.25, 0.3) is 0 Å². The molecule has 1 heterocycles. The first kappa shape index (κ1) is 11.3. The lowest BCUT2D eigenvalue weighted by atomic mass is 9.97. The fourth-order valence-electron chi connectivity index (χ4n) is 2.20. The van der Waals surface area contributed by atoms with E-state index in [1.54, 1.807) is 7.11 Å². The van der Waals surface area contributed by atoms with Crippen LogP contribution >= 0.6 is 0 Å². The number of rotatable bonds is 3. The summed E-state index contributed by atoms with van der Waals surface area (Å²) >= 11 is 0. The minimum absolute atomic E-state index is 0.253. The number of ether oxygens (including phenoxy) is 2. The maximum absolute atomic E-state index is 5.83. The molecular formula is C13H19NO2. The van der Waals surface area contributed by atoms with E-state index < -0.39 is 0 Å². The molecule has 0 aromatic heterocycles. The Hall–Kier alpha value is -1.22. The second-order valence-corrected chi connectivity index (χ2v) is 4.18. The zero-order valence-electron chi connectivity index (χ0n) is 10.1. The van der Waals surface area contributed by atoms with Crippen molar-refractivity contribution in [2.75, 3.05) is 13.7 Å². The molecule has 0 radical (unpaired) electrons. The molecule has 2 rings (SSSR count). The Kier molecular flexibility index (Phi) is 3.34. The molecule has 1 aromatic rings. The van der Waals surface area contributed by atoms with Crippen LogP contribution in [0.4, 0.5) is 0 Å². The van der Waals surface area contributed by atoms with E-state index in [4.69, 9.17) is 9.47 Å². The van der Waals surface area contributed by atoms with Crippen molar-refractivity contribution in [2.24, 2.45) is 0 Å². The van der Waals surface area contributed by atoms with Crippen LogP contribution in [0.25, 0.3) is 0 Å². The monoisotopic (exact) mass is 221 g/mol. The van der Waals surface area contributed by atoms with Gasteiger partial charge in [0, 0.05) is 24.1 Å². The van der Waals surface area contributed by atoms with Crippen LogP contribution in [0.1, 0.15) is 31.9 Å². The Labute approximate surface area is 96.8 Å². The highest BCUT2D eigenvalue weighted by Gasteiger charge is 2.25. The summed E-state index contributed by atoms with van der Waals surface area (Å²) in [6, 6.07) is 6.44. The van der Waals surface area contributed by atoms with Crippen LogP contribution in [0.5, 0.6) is 11.5 Å². The molecule has 0 amide bonds. The van der Waals surface area contributed by atoms with Crippen LogP contribution in [0.15, 0.2) is 18.2 Å². The van der Waals surface area contributed by atoms with Gasteiger partial charge >= 0.3 is 0 Å². The van der Waals surface area contributed by atoms with Gasteiger partial charge in [0.1, 0.15) is 11.5 Å². The van der Waals surface area contributed by atoms with E-state index >= 15 is 0 Å². The van der Waals surface area contributed by atoms with Crippen molar-refractivity contribution < 1.29 is 9.47 Å². The molecule has 0 bridgehead atoms. The Morgan fingerprint density at radius 3 is 3.00 bits per heavy atom. The van der Waals surface area contributed by atoms with Crippen LogP contribution in [0, 0.1) is 0 Å². The molecule has 0 saturated carbocycles. The Morgan fingerprint density at radius 2 is 2.31 bits per heavy atom. The highest BCUT2D eigenvalue weighted by molar-refractivity contribution is 5.43. The average molecular weight is 221 g/mol. The molecule has 16 heavy (non-hydrogen) atoms. The van der Waals surface area contributed by atoms with Crippen LogP contribution in [-0.2, 0) is 0 Å². The summed E-state index contributed by atoms with van der Waals surface area (Å²) in [6.45, 7) is 5.21. The van der Waals surface area contributed by atoms with Gasteiger partial charge in [-0.15, -0.1) is 0 Å². The smallest absolute Gasteiger partial charge is 0.128 e. The fourth-order valence-corrected chi connectivity index (χ4v) is 2.20. The summed E-state index contributed by atoms with van der Waals surface area (Å²) in [5, 5.41) is 3.49. The minimum Gasteiger partial charge on any atom is -0.497 e. The van der Waals surface area contributed by atoms with E-state index in [1.807, 2.05) is 12.1 Å². The van der Waals surface area contributed by atoms with Crippen LogP contribution in [0.2, 0.25) is 0 Å². The van der Waals surface area contributed by atoms with E-state index in [1.165, 1.54) is 5.56 Å². The number of methoxy groups -OCH3 is 1. The van der Waals surface area contributed by atoms with Crippen LogP contribution in [-0.4, -0.2) is 19.8 Å². The lowest BCUT2D eigenvalue weighted by molar-refractivity contribution is 0.166. The number of fused-ring (bicyclic) bond motifs is 1. The normalized spacial score (nSPS) is 23.4. The van der Waals surface area contributed by atoms with E-state index in [0.29, 0.717) is 6.04 Å². The predicted molar refractivity (Wildman–Crippen MR) is 64.1 cm³/mol. The average Bonchev–Trinajstić information content (AvgIpc) is 2.28. The van der Waals surface area contributed by atoms with E-state index in [0.717, 1.165) is 24.5 Å². The van der Waals surface area contributed by atoms with Gasteiger partial charge in [0.15, 0.2) is 0 Å². The molecule has 1 aromatic carbocycles.